The number of anilines is 1. The SMILES string of the molecule is COc1ccc(-c2cnc3ncnn3c2N2CCN(S(=O)(=O)c3ccc(F)cc3)CC2)cc1. The molecule has 2 aromatic carbocycles. The van der Waals surface area contributed by atoms with Crippen LogP contribution >= 0.6 is 0 Å². The second-order valence-corrected chi connectivity index (χ2v) is 9.48. The summed E-state index contributed by atoms with van der Waals surface area (Å²) in [4.78, 5) is 10.8. The summed E-state index contributed by atoms with van der Waals surface area (Å²) in [6, 6.07) is 12.5. The van der Waals surface area contributed by atoms with Crippen molar-refractivity contribution in [2.75, 3.05) is 38.2 Å². The Balaban J connectivity index is 1.45. The molecule has 9 nitrogen and oxygen atoms in total. The molecule has 0 atom stereocenters. The van der Waals surface area contributed by atoms with Crippen molar-refractivity contribution in [2.45, 2.75) is 4.90 Å². The lowest BCUT2D eigenvalue weighted by atomic mass is 10.1. The van der Waals surface area contributed by atoms with Gasteiger partial charge >= 0.3 is 0 Å². The molecule has 0 N–H and O–H groups in total. The van der Waals surface area contributed by atoms with Crippen LogP contribution in [0.4, 0.5) is 10.2 Å². The van der Waals surface area contributed by atoms with E-state index in [1.807, 2.05) is 24.3 Å². The summed E-state index contributed by atoms with van der Waals surface area (Å²) in [6.07, 6.45) is 3.20. The molecule has 0 radical (unpaired) electrons. The van der Waals surface area contributed by atoms with Crippen molar-refractivity contribution in [3.8, 4) is 16.9 Å². The molecule has 0 unspecified atom stereocenters. The third-order valence-corrected chi connectivity index (χ3v) is 7.58. The van der Waals surface area contributed by atoms with Gasteiger partial charge in [0, 0.05) is 37.9 Å². The van der Waals surface area contributed by atoms with Gasteiger partial charge in [-0.15, -0.1) is 0 Å². The monoisotopic (exact) mass is 468 g/mol. The highest BCUT2D eigenvalue weighted by Crippen LogP contribution is 2.32. The van der Waals surface area contributed by atoms with Gasteiger partial charge in [0.1, 0.15) is 23.7 Å². The molecule has 170 valence electrons. The van der Waals surface area contributed by atoms with Crippen LogP contribution in [-0.2, 0) is 10.0 Å². The number of piperazine rings is 1. The van der Waals surface area contributed by atoms with Crippen LogP contribution in [0.1, 0.15) is 0 Å². The zero-order chi connectivity index (χ0) is 23.0. The van der Waals surface area contributed by atoms with Crippen molar-refractivity contribution in [2.24, 2.45) is 0 Å². The molecule has 4 aromatic rings. The minimum Gasteiger partial charge on any atom is -0.497 e. The summed E-state index contributed by atoms with van der Waals surface area (Å²) >= 11 is 0. The van der Waals surface area contributed by atoms with E-state index in [0.29, 0.717) is 18.9 Å². The van der Waals surface area contributed by atoms with Crippen molar-refractivity contribution in [1.82, 2.24) is 23.9 Å². The van der Waals surface area contributed by atoms with E-state index in [4.69, 9.17) is 4.74 Å². The summed E-state index contributed by atoms with van der Waals surface area (Å²) in [5.74, 6) is 1.53. The summed E-state index contributed by atoms with van der Waals surface area (Å²) in [6.45, 7) is 1.45. The molecule has 0 saturated carbocycles. The van der Waals surface area contributed by atoms with E-state index in [1.54, 1.807) is 17.8 Å². The van der Waals surface area contributed by atoms with E-state index in [0.717, 1.165) is 34.8 Å². The Labute approximate surface area is 190 Å². The topological polar surface area (TPSA) is 92.9 Å². The largest absolute Gasteiger partial charge is 0.497 e. The number of fused-ring (bicyclic) bond motifs is 1. The first-order valence-electron chi connectivity index (χ1n) is 10.3. The molecule has 0 spiro atoms. The molecule has 0 bridgehead atoms. The van der Waals surface area contributed by atoms with Crippen LogP contribution in [0.5, 0.6) is 5.75 Å². The smallest absolute Gasteiger partial charge is 0.254 e. The van der Waals surface area contributed by atoms with Crippen molar-refractivity contribution >= 4 is 21.6 Å². The van der Waals surface area contributed by atoms with Gasteiger partial charge < -0.3 is 9.64 Å². The fourth-order valence-electron chi connectivity index (χ4n) is 3.94. The predicted octanol–water partition coefficient (Wildman–Crippen LogP) is 2.45. The normalized spacial score (nSPS) is 15.2. The number of methoxy groups -OCH3 is 1. The van der Waals surface area contributed by atoms with Crippen LogP contribution in [-0.4, -0.2) is 65.6 Å². The Morgan fingerprint density at radius 3 is 2.30 bits per heavy atom. The summed E-state index contributed by atoms with van der Waals surface area (Å²) < 4.78 is 47.6. The van der Waals surface area contributed by atoms with Gasteiger partial charge in [-0.1, -0.05) is 12.1 Å². The van der Waals surface area contributed by atoms with E-state index >= 15 is 0 Å². The van der Waals surface area contributed by atoms with E-state index in [9.17, 15) is 12.8 Å². The van der Waals surface area contributed by atoms with Crippen LogP contribution in [0.25, 0.3) is 16.9 Å². The number of hydrogen-bond donors (Lipinski definition) is 0. The number of rotatable bonds is 5. The van der Waals surface area contributed by atoms with Crippen molar-refractivity contribution in [3.63, 3.8) is 0 Å². The maximum Gasteiger partial charge on any atom is 0.254 e. The van der Waals surface area contributed by atoms with Gasteiger partial charge in [0.15, 0.2) is 0 Å². The number of ether oxygens (including phenoxy) is 1. The van der Waals surface area contributed by atoms with E-state index in [1.165, 1.54) is 22.8 Å². The number of nitrogens with zero attached hydrogens (tertiary/aromatic N) is 6. The standard InChI is InChI=1S/C22H21FN6O3S/c1-32-18-6-2-16(3-7-18)20-14-24-22-25-15-26-29(22)21(20)27-10-12-28(13-11-27)33(30,31)19-8-4-17(23)5-9-19/h2-9,14-15H,10-13H2,1H3. The van der Waals surface area contributed by atoms with Gasteiger partial charge in [-0.3, -0.25) is 0 Å². The fourth-order valence-corrected chi connectivity index (χ4v) is 5.36. The molecular formula is C22H21FN6O3S. The molecule has 11 heteroatoms. The third-order valence-electron chi connectivity index (χ3n) is 5.67. The highest BCUT2D eigenvalue weighted by molar-refractivity contribution is 7.89. The molecular weight excluding hydrogens is 447 g/mol. The summed E-state index contributed by atoms with van der Waals surface area (Å²) in [5.41, 5.74) is 1.78. The maximum atomic E-state index is 13.2. The Morgan fingerprint density at radius 2 is 1.64 bits per heavy atom. The Kier molecular flexibility index (Phi) is 5.43. The van der Waals surface area contributed by atoms with Gasteiger partial charge in [-0.2, -0.15) is 18.9 Å². The minimum atomic E-state index is -3.71. The Hall–Kier alpha value is -3.57. The van der Waals surface area contributed by atoms with Gasteiger partial charge in [0.05, 0.1) is 12.0 Å². The van der Waals surface area contributed by atoms with Crippen molar-refractivity contribution in [3.05, 3.63) is 66.9 Å². The first kappa shape index (κ1) is 21.3. The van der Waals surface area contributed by atoms with Gasteiger partial charge in [-0.05, 0) is 42.0 Å². The second kappa shape index (κ2) is 8.41. The first-order valence-corrected chi connectivity index (χ1v) is 11.8. The summed E-state index contributed by atoms with van der Waals surface area (Å²) in [7, 11) is -2.09. The van der Waals surface area contributed by atoms with Crippen molar-refractivity contribution < 1.29 is 17.5 Å². The minimum absolute atomic E-state index is 0.0823. The zero-order valence-corrected chi connectivity index (χ0v) is 18.6. The number of benzene rings is 2. The van der Waals surface area contributed by atoms with Crippen LogP contribution < -0.4 is 9.64 Å². The Morgan fingerprint density at radius 1 is 0.939 bits per heavy atom. The van der Waals surface area contributed by atoms with Gasteiger partial charge in [-0.25, -0.2) is 17.8 Å². The maximum absolute atomic E-state index is 13.2. The lowest BCUT2D eigenvalue weighted by Crippen LogP contribution is -2.49. The molecule has 5 rings (SSSR count). The average molecular weight is 469 g/mol. The van der Waals surface area contributed by atoms with E-state index in [-0.39, 0.29) is 18.0 Å². The van der Waals surface area contributed by atoms with Gasteiger partial charge in [0.25, 0.3) is 5.78 Å². The molecule has 1 aliphatic heterocycles. The highest BCUT2D eigenvalue weighted by Gasteiger charge is 2.30. The first-order chi connectivity index (χ1) is 16.0. The molecule has 1 fully saturated rings. The van der Waals surface area contributed by atoms with Crippen LogP contribution in [0, 0.1) is 5.82 Å². The van der Waals surface area contributed by atoms with E-state index < -0.39 is 15.8 Å². The molecule has 3 heterocycles. The number of sulfonamides is 1. The third kappa shape index (κ3) is 3.89. The van der Waals surface area contributed by atoms with Crippen molar-refractivity contribution in [1.29, 1.82) is 0 Å². The second-order valence-electron chi connectivity index (χ2n) is 7.54. The predicted molar refractivity (Wildman–Crippen MR) is 120 cm³/mol. The molecule has 0 amide bonds. The zero-order valence-electron chi connectivity index (χ0n) is 17.8. The molecule has 1 aliphatic rings. The molecule has 2 aromatic heterocycles. The molecule has 1 saturated heterocycles. The molecule has 0 aliphatic carbocycles. The van der Waals surface area contributed by atoms with E-state index in [2.05, 4.69) is 20.0 Å². The van der Waals surface area contributed by atoms with Crippen LogP contribution in [0.15, 0.2) is 66.0 Å². The lowest BCUT2D eigenvalue weighted by Gasteiger charge is -2.36. The fraction of sp³-hybridized carbons (Fsp3) is 0.227. The highest BCUT2D eigenvalue weighted by atomic mass is 32.2. The molecule has 33 heavy (non-hydrogen) atoms. The Bertz CT molecular complexity index is 1380. The van der Waals surface area contributed by atoms with Crippen LogP contribution in [0.2, 0.25) is 0 Å². The average Bonchev–Trinajstić information content (AvgIpc) is 3.33. The summed E-state index contributed by atoms with van der Waals surface area (Å²) in [5, 5.41) is 4.35. The van der Waals surface area contributed by atoms with Crippen LogP contribution in [0.3, 0.4) is 0 Å². The lowest BCUT2D eigenvalue weighted by molar-refractivity contribution is 0.383. The van der Waals surface area contributed by atoms with Gasteiger partial charge in [0.2, 0.25) is 10.0 Å². The number of halogens is 1. The quantitative estimate of drug-likeness (QED) is 0.444. The number of hydrogen-bond acceptors (Lipinski definition) is 7. The number of aromatic nitrogens is 4.